The van der Waals surface area contributed by atoms with Crippen LogP contribution in [0.4, 0.5) is 0 Å². The minimum Gasteiger partial charge on any atom is -0.394 e. The van der Waals surface area contributed by atoms with Gasteiger partial charge in [0.1, 0.15) is 12.7 Å². The highest BCUT2D eigenvalue weighted by atomic mass is 31.2. The lowest BCUT2D eigenvalue weighted by Gasteiger charge is -2.42. The molecule has 0 unspecified atom stereocenters. The molecule has 0 aromatic heterocycles. The first-order chi connectivity index (χ1) is 7.68. The summed E-state index contributed by atoms with van der Waals surface area (Å²) < 4.78 is 19.3. The molecule has 0 saturated carbocycles. The van der Waals surface area contributed by atoms with Crippen molar-refractivity contribution in [3.05, 3.63) is 0 Å². The number of hydrogen-bond acceptors (Lipinski definition) is 7. The fraction of sp³-hybridized carbons (Fsp3) is 1.00. The SMILES string of the molecule is O=P(O)(O)OC[C@]1(O)O[C@H](CO)C[C@H](O)[C@H]1O. The van der Waals surface area contributed by atoms with Gasteiger partial charge in [-0.15, -0.1) is 0 Å². The summed E-state index contributed by atoms with van der Waals surface area (Å²) in [4.78, 5) is 16.9. The maximum absolute atomic E-state index is 10.5. The van der Waals surface area contributed by atoms with Crippen molar-refractivity contribution >= 4 is 7.82 Å². The Morgan fingerprint density at radius 3 is 2.47 bits per heavy atom. The van der Waals surface area contributed by atoms with Gasteiger partial charge in [-0.05, 0) is 0 Å². The summed E-state index contributed by atoms with van der Waals surface area (Å²) in [6.45, 7) is -1.56. The average molecular weight is 274 g/mol. The predicted octanol–water partition coefficient (Wildman–Crippen LogP) is -2.71. The number of phosphoric acid groups is 1. The van der Waals surface area contributed by atoms with Gasteiger partial charge in [-0.1, -0.05) is 0 Å². The molecule has 4 atom stereocenters. The molecule has 0 radical (unpaired) electrons. The summed E-state index contributed by atoms with van der Waals surface area (Å²) in [5.41, 5.74) is 0. The van der Waals surface area contributed by atoms with Crippen LogP contribution in [0.3, 0.4) is 0 Å². The number of hydrogen-bond donors (Lipinski definition) is 6. The zero-order valence-electron chi connectivity index (χ0n) is 8.71. The van der Waals surface area contributed by atoms with Gasteiger partial charge < -0.3 is 34.9 Å². The van der Waals surface area contributed by atoms with Gasteiger partial charge in [0.2, 0.25) is 5.79 Å². The van der Waals surface area contributed by atoms with Crippen LogP contribution in [-0.4, -0.2) is 67.5 Å². The van der Waals surface area contributed by atoms with Crippen molar-refractivity contribution in [3.63, 3.8) is 0 Å². The van der Waals surface area contributed by atoms with E-state index < -0.39 is 45.1 Å². The molecule has 0 amide bonds. The number of rotatable bonds is 4. The van der Waals surface area contributed by atoms with Crippen LogP contribution >= 0.6 is 7.82 Å². The molecule has 102 valence electrons. The first-order valence-corrected chi connectivity index (χ1v) is 6.28. The van der Waals surface area contributed by atoms with E-state index in [0.29, 0.717) is 0 Å². The van der Waals surface area contributed by atoms with Crippen LogP contribution in [0.5, 0.6) is 0 Å². The van der Waals surface area contributed by atoms with E-state index in [1.807, 2.05) is 0 Å². The van der Waals surface area contributed by atoms with E-state index in [-0.39, 0.29) is 6.42 Å². The quantitative estimate of drug-likeness (QED) is 0.300. The first kappa shape index (κ1) is 15.0. The van der Waals surface area contributed by atoms with Crippen molar-refractivity contribution in [2.75, 3.05) is 13.2 Å². The number of aliphatic hydroxyl groups is 4. The normalized spacial score (nSPS) is 39.3. The Labute approximate surface area is 96.5 Å². The molecule has 0 aromatic carbocycles. The number of ether oxygens (including phenoxy) is 1. The Bertz CT molecular complexity index is 304. The monoisotopic (exact) mass is 274 g/mol. The highest BCUT2D eigenvalue weighted by Crippen LogP contribution is 2.39. The number of aliphatic hydroxyl groups excluding tert-OH is 3. The third-order valence-corrected chi connectivity index (χ3v) is 2.81. The average Bonchev–Trinajstić information content (AvgIpc) is 2.22. The van der Waals surface area contributed by atoms with Gasteiger partial charge in [0.15, 0.2) is 0 Å². The second-order valence-electron chi connectivity index (χ2n) is 3.78. The van der Waals surface area contributed by atoms with Crippen LogP contribution in [0.15, 0.2) is 0 Å². The molecule has 0 spiro atoms. The molecule has 1 heterocycles. The molecule has 0 bridgehead atoms. The lowest BCUT2D eigenvalue weighted by Crippen LogP contribution is -2.60. The molecule has 1 rings (SSSR count). The second-order valence-corrected chi connectivity index (χ2v) is 5.02. The topological polar surface area (TPSA) is 157 Å². The van der Waals surface area contributed by atoms with Crippen LogP contribution in [0, 0.1) is 0 Å². The lowest BCUT2D eigenvalue weighted by molar-refractivity contribution is -0.334. The smallest absolute Gasteiger partial charge is 0.394 e. The van der Waals surface area contributed by atoms with E-state index >= 15 is 0 Å². The van der Waals surface area contributed by atoms with Crippen LogP contribution in [0.1, 0.15) is 6.42 Å². The summed E-state index contributed by atoms with van der Waals surface area (Å²) >= 11 is 0. The van der Waals surface area contributed by atoms with E-state index in [1.165, 1.54) is 0 Å². The van der Waals surface area contributed by atoms with Gasteiger partial charge in [-0.25, -0.2) is 4.57 Å². The maximum atomic E-state index is 10.5. The number of phosphoric ester groups is 1. The van der Waals surface area contributed by atoms with Crippen LogP contribution in [0.2, 0.25) is 0 Å². The van der Waals surface area contributed by atoms with E-state index in [0.717, 1.165) is 0 Å². The van der Waals surface area contributed by atoms with Gasteiger partial charge in [0.05, 0.1) is 18.8 Å². The van der Waals surface area contributed by atoms with Gasteiger partial charge in [-0.3, -0.25) is 4.52 Å². The van der Waals surface area contributed by atoms with Crippen molar-refractivity contribution in [2.45, 2.75) is 30.5 Å². The third-order valence-electron chi connectivity index (χ3n) is 2.34. The minimum atomic E-state index is -4.84. The Morgan fingerprint density at radius 2 is 2.00 bits per heavy atom. The van der Waals surface area contributed by atoms with E-state index in [1.54, 1.807) is 0 Å². The maximum Gasteiger partial charge on any atom is 0.469 e. The lowest BCUT2D eigenvalue weighted by atomic mass is 9.96. The van der Waals surface area contributed by atoms with Crippen molar-refractivity contribution in [1.29, 1.82) is 0 Å². The highest BCUT2D eigenvalue weighted by Gasteiger charge is 2.49. The van der Waals surface area contributed by atoms with Gasteiger partial charge in [0, 0.05) is 6.42 Å². The fourth-order valence-electron chi connectivity index (χ4n) is 1.51. The molecule has 1 aliphatic rings. The molecule has 1 saturated heterocycles. The fourth-order valence-corrected chi connectivity index (χ4v) is 1.87. The Balaban J connectivity index is 2.72. The van der Waals surface area contributed by atoms with Gasteiger partial charge in [-0.2, -0.15) is 0 Å². The summed E-state index contributed by atoms with van der Waals surface area (Å²) in [6.07, 6.45) is -4.27. The van der Waals surface area contributed by atoms with E-state index in [9.17, 15) is 19.9 Å². The molecule has 1 aliphatic heterocycles. The molecule has 0 aliphatic carbocycles. The molecular weight excluding hydrogens is 259 g/mol. The predicted molar refractivity (Wildman–Crippen MR) is 51.5 cm³/mol. The molecule has 0 aromatic rings. The summed E-state index contributed by atoms with van der Waals surface area (Å²) in [5, 5.41) is 37.5. The molecule has 1 fully saturated rings. The largest absolute Gasteiger partial charge is 0.469 e. The van der Waals surface area contributed by atoms with Crippen molar-refractivity contribution in [1.82, 2.24) is 0 Å². The van der Waals surface area contributed by atoms with Crippen LogP contribution < -0.4 is 0 Å². The van der Waals surface area contributed by atoms with Gasteiger partial charge >= 0.3 is 7.82 Å². The summed E-state index contributed by atoms with van der Waals surface area (Å²) in [7, 11) is -4.84. The molecule has 10 heteroatoms. The minimum absolute atomic E-state index is 0.115. The van der Waals surface area contributed by atoms with Crippen molar-refractivity contribution in [3.8, 4) is 0 Å². The zero-order chi connectivity index (χ0) is 13.3. The standard InChI is InChI=1S/C7H15O9P/c8-2-4-1-5(9)6(10)7(11,16-4)3-15-17(12,13)14/h4-6,8-11H,1-3H2,(H2,12,13,14)/t4-,5-,6+,7-/m0/s1. The van der Waals surface area contributed by atoms with E-state index in [4.69, 9.17) is 19.6 Å². The second kappa shape index (κ2) is 5.27. The zero-order valence-corrected chi connectivity index (χ0v) is 9.60. The first-order valence-electron chi connectivity index (χ1n) is 4.75. The van der Waals surface area contributed by atoms with Crippen molar-refractivity contribution in [2.24, 2.45) is 0 Å². The Morgan fingerprint density at radius 1 is 1.41 bits per heavy atom. The third kappa shape index (κ3) is 3.95. The Kier molecular flexibility index (Phi) is 4.64. The Hall–Kier alpha value is -0.0900. The van der Waals surface area contributed by atoms with Gasteiger partial charge in [0.25, 0.3) is 0 Å². The van der Waals surface area contributed by atoms with Crippen LogP contribution in [-0.2, 0) is 13.8 Å². The van der Waals surface area contributed by atoms with E-state index in [2.05, 4.69) is 4.52 Å². The summed E-state index contributed by atoms with van der Waals surface area (Å²) in [6, 6.07) is 0. The van der Waals surface area contributed by atoms with Crippen LogP contribution in [0.25, 0.3) is 0 Å². The summed E-state index contributed by atoms with van der Waals surface area (Å²) in [5.74, 6) is -2.48. The molecule has 9 nitrogen and oxygen atoms in total. The molecule has 6 N–H and O–H groups in total. The molecule has 17 heavy (non-hydrogen) atoms. The highest BCUT2D eigenvalue weighted by molar-refractivity contribution is 7.46. The molecular formula is C7H15O9P. The van der Waals surface area contributed by atoms with Crippen molar-refractivity contribution < 1.29 is 44.0 Å².